The molecule has 7 nitrogen and oxygen atoms in total. The van der Waals surface area contributed by atoms with E-state index < -0.39 is 0 Å². The van der Waals surface area contributed by atoms with Crippen molar-refractivity contribution in [3.63, 3.8) is 0 Å². The monoisotopic (exact) mass is 475 g/mol. The molecule has 0 atom stereocenters. The molecule has 0 bridgehead atoms. The lowest BCUT2D eigenvalue weighted by Crippen LogP contribution is -2.49. The minimum atomic E-state index is -0.0686. The van der Waals surface area contributed by atoms with Gasteiger partial charge in [-0.15, -0.1) is 11.3 Å². The summed E-state index contributed by atoms with van der Waals surface area (Å²) in [6.07, 6.45) is 7.59. The smallest absolute Gasteiger partial charge is 0.239 e. The Balaban J connectivity index is 1.28. The van der Waals surface area contributed by atoms with Crippen LogP contribution in [0.3, 0.4) is 0 Å². The van der Waals surface area contributed by atoms with Gasteiger partial charge in [0.25, 0.3) is 0 Å². The summed E-state index contributed by atoms with van der Waals surface area (Å²) in [5.41, 5.74) is 3.62. The number of carbonyl (C=O) groups is 2. The van der Waals surface area contributed by atoms with Gasteiger partial charge in [0.15, 0.2) is 5.78 Å². The molecule has 1 aliphatic heterocycles. The zero-order valence-corrected chi connectivity index (χ0v) is 20.2. The van der Waals surface area contributed by atoms with Crippen molar-refractivity contribution in [2.24, 2.45) is 0 Å². The fourth-order valence-corrected chi connectivity index (χ4v) is 5.98. The number of amides is 1. The number of thiophene rings is 1. The SMILES string of the molecule is Cc1ccc(C(=O)c2c(NC(=O)CN3CCN(c4ncccn4)CC3)sc3c2CCCC3)cc1. The van der Waals surface area contributed by atoms with Crippen LogP contribution < -0.4 is 10.2 Å². The van der Waals surface area contributed by atoms with Gasteiger partial charge in [0.1, 0.15) is 5.00 Å². The first-order valence-electron chi connectivity index (χ1n) is 11.9. The van der Waals surface area contributed by atoms with Crippen molar-refractivity contribution in [2.75, 3.05) is 42.9 Å². The summed E-state index contributed by atoms with van der Waals surface area (Å²) in [5.74, 6) is 0.669. The van der Waals surface area contributed by atoms with Crippen molar-refractivity contribution < 1.29 is 9.59 Å². The van der Waals surface area contributed by atoms with Gasteiger partial charge in [-0.3, -0.25) is 14.5 Å². The average molecular weight is 476 g/mol. The maximum Gasteiger partial charge on any atom is 0.239 e. The molecule has 1 aromatic carbocycles. The van der Waals surface area contributed by atoms with Gasteiger partial charge in [0, 0.05) is 49.0 Å². The Labute approximate surface area is 203 Å². The summed E-state index contributed by atoms with van der Waals surface area (Å²) >= 11 is 1.58. The lowest BCUT2D eigenvalue weighted by Gasteiger charge is -2.34. The van der Waals surface area contributed by atoms with E-state index in [-0.39, 0.29) is 11.7 Å². The molecule has 1 aliphatic carbocycles. The topological polar surface area (TPSA) is 78.4 Å². The molecule has 1 saturated heterocycles. The number of aromatic nitrogens is 2. The molecule has 1 amide bonds. The fraction of sp³-hybridized carbons (Fsp3) is 0.385. The quantitative estimate of drug-likeness (QED) is 0.548. The van der Waals surface area contributed by atoms with Crippen LogP contribution in [0.4, 0.5) is 10.9 Å². The van der Waals surface area contributed by atoms with Crippen molar-refractivity contribution in [1.29, 1.82) is 0 Å². The molecule has 0 radical (unpaired) electrons. The molecule has 176 valence electrons. The van der Waals surface area contributed by atoms with Gasteiger partial charge >= 0.3 is 0 Å². The Bertz CT molecular complexity index is 1170. The molecular weight excluding hydrogens is 446 g/mol. The highest BCUT2D eigenvalue weighted by atomic mass is 32.1. The number of carbonyl (C=O) groups excluding carboxylic acids is 2. The highest BCUT2D eigenvalue weighted by molar-refractivity contribution is 7.17. The summed E-state index contributed by atoms with van der Waals surface area (Å²) < 4.78 is 0. The van der Waals surface area contributed by atoms with E-state index in [1.54, 1.807) is 23.7 Å². The molecule has 0 spiro atoms. The molecule has 0 unspecified atom stereocenters. The largest absolute Gasteiger partial charge is 0.338 e. The molecule has 1 fully saturated rings. The van der Waals surface area contributed by atoms with Crippen LogP contribution in [0.2, 0.25) is 0 Å². The molecule has 3 aromatic rings. The van der Waals surface area contributed by atoms with Crippen LogP contribution in [0.1, 0.15) is 44.8 Å². The third-order valence-corrected chi connectivity index (χ3v) is 7.75. The first kappa shape index (κ1) is 22.7. The number of hydrogen-bond acceptors (Lipinski definition) is 7. The van der Waals surface area contributed by atoms with E-state index in [1.807, 2.05) is 37.3 Å². The number of anilines is 2. The van der Waals surface area contributed by atoms with Gasteiger partial charge < -0.3 is 10.2 Å². The second-order valence-corrected chi connectivity index (χ2v) is 10.1. The summed E-state index contributed by atoms with van der Waals surface area (Å²) in [6, 6.07) is 9.50. The standard InChI is InChI=1S/C26H29N5O2S/c1-18-7-9-19(10-8-18)24(33)23-20-5-2-3-6-21(20)34-25(23)29-22(32)17-30-13-15-31(16-14-30)26-27-11-4-12-28-26/h4,7-12H,2-3,5-6,13-17H2,1H3,(H,29,32). The van der Waals surface area contributed by atoms with E-state index >= 15 is 0 Å². The Kier molecular flexibility index (Phi) is 6.69. The van der Waals surface area contributed by atoms with Crippen LogP contribution in [-0.2, 0) is 17.6 Å². The van der Waals surface area contributed by atoms with Gasteiger partial charge in [-0.05, 0) is 44.2 Å². The number of nitrogens with zero attached hydrogens (tertiary/aromatic N) is 4. The highest BCUT2D eigenvalue weighted by Crippen LogP contribution is 2.39. The first-order chi connectivity index (χ1) is 16.6. The number of nitrogens with one attached hydrogen (secondary N) is 1. The molecular formula is C26H29N5O2S. The number of fused-ring (bicyclic) bond motifs is 1. The number of aryl methyl sites for hydroxylation is 2. The number of piperazine rings is 1. The van der Waals surface area contributed by atoms with Crippen LogP contribution in [0.5, 0.6) is 0 Å². The number of hydrogen-bond donors (Lipinski definition) is 1. The molecule has 34 heavy (non-hydrogen) atoms. The van der Waals surface area contributed by atoms with Crippen molar-refractivity contribution in [2.45, 2.75) is 32.6 Å². The maximum atomic E-state index is 13.5. The molecule has 1 N–H and O–H groups in total. The van der Waals surface area contributed by atoms with E-state index in [0.29, 0.717) is 22.7 Å². The highest BCUT2D eigenvalue weighted by Gasteiger charge is 2.28. The van der Waals surface area contributed by atoms with Gasteiger partial charge in [-0.2, -0.15) is 0 Å². The van der Waals surface area contributed by atoms with Crippen molar-refractivity contribution in [3.05, 3.63) is 69.9 Å². The third-order valence-electron chi connectivity index (χ3n) is 6.54. The number of rotatable bonds is 6. The summed E-state index contributed by atoms with van der Waals surface area (Å²) in [6.45, 7) is 5.41. The molecule has 0 saturated carbocycles. The molecule has 8 heteroatoms. The minimum Gasteiger partial charge on any atom is -0.338 e. The lowest BCUT2D eigenvalue weighted by atomic mass is 9.91. The van der Waals surface area contributed by atoms with Gasteiger partial charge in [0.05, 0.1) is 12.1 Å². The molecule has 2 aromatic heterocycles. The third kappa shape index (κ3) is 4.88. The molecule has 5 rings (SSSR count). The van der Waals surface area contributed by atoms with E-state index in [1.165, 1.54) is 4.88 Å². The molecule has 3 heterocycles. The maximum absolute atomic E-state index is 13.5. The number of benzene rings is 1. The van der Waals surface area contributed by atoms with Crippen LogP contribution in [0, 0.1) is 6.92 Å². The van der Waals surface area contributed by atoms with Crippen LogP contribution >= 0.6 is 11.3 Å². The minimum absolute atomic E-state index is 0.00572. The predicted molar refractivity (Wildman–Crippen MR) is 135 cm³/mol. The summed E-state index contributed by atoms with van der Waals surface area (Å²) in [5, 5.41) is 3.81. The van der Waals surface area contributed by atoms with E-state index in [2.05, 4.69) is 25.1 Å². The summed E-state index contributed by atoms with van der Waals surface area (Å²) in [4.78, 5) is 40.6. The van der Waals surface area contributed by atoms with E-state index in [4.69, 9.17) is 0 Å². The Morgan fingerprint density at radius 1 is 1.00 bits per heavy atom. The predicted octanol–water partition coefficient (Wildman–Crippen LogP) is 3.72. The second kappa shape index (κ2) is 10.0. The van der Waals surface area contributed by atoms with Crippen LogP contribution in [0.15, 0.2) is 42.7 Å². The normalized spacial score (nSPS) is 16.2. The lowest BCUT2D eigenvalue weighted by molar-refractivity contribution is -0.117. The van der Waals surface area contributed by atoms with E-state index in [9.17, 15) is 9.59 Å². The van der Waals surface area contributed by atoms with Crippen molar-refractivity contribution in [1.82, 2.24) is 14.9 Å². The van der Waals surface area contributed by atoms with Crippen molar-refractivity contribution in [3.8, 4) is 0 Å². The zero-order valence-electron chi connectivity index (χ0n) is 19.4. The van der Waals surface area contributed by atoms with Gasteiger partial charge in [-0.25, -0.2) is 9.97 Å². The van der Waals surface area contributed by atoms with Crippen LogP contribution in [0.25, 0.3) is 0 Å². The average Bonchev–Trinajstić information content (AvgIpc) is 3.22. The second-order valence-electron chi connectivity index (χ2n) is 8.97. The first-order valence-corrected chi connectivity index (χ1v) is 12.7. The van der Waals surface area contributed by atoms with Gasteiger partial charge in [0.2, 0.25) is 11.9 Å². The Morgan fingerprint density at radius 2 is 1.71 bits per heavy atom. The zero-order chi connectivity index (χ0) is 23.5. The van der Waals surface area contributed by atoms with Gasteiger partial charge in [-0.1, -0.05) is 29.8 Å². The Hall–Kier alpha value is -3.10. The van der Waals surface area contributed by atoms with Crippen LogP contribution in [-0.4, -0.2) is 59.3 Å². The van der Waals surface area contributed by atoms with Crippen molar-refractivity contribution >= 4 is 34.0 Å². The summed E-state index contributed by atoms with van der Waals surface area (Å²) in [7, 11) is 0. The fourth-order valence-electron chi connectivity index (χ4n) is 4.67. The number of ketones is 1. The Morgan fingerprint density at radius 3 is 2.44 bits per heavy atom. The van der Waals surface area contributed by atoms with E-state index in [0.717, 1.165) is 68.9 Å². The molecule has 2 aliphatic rings.